The summed E-state index contributed by atoms with van der Waals surface area (Å²) in [6.07, 6.45) is 3.39. The van der Waals surface area contributed by atoms with Gasteiger partial charge in [-0.3, -0.25) is 4.79 Å². The van der Waals surface area contributed by atoms with E-state index in [0.717, 1.165) is 12.8 Å². The molecule has 1 N–H and O–H groups in total. The molecular weight excluding hydrogens is 416 g/mol. The molecule has 3 atom stereocenters. The summed E-state index contributed by atoms with van der Waals surface area (Å²) in [5, 5.41) is 3.96. The maximum absolute atomic E-state index is 12.9. The number of aryl methyl sites for hydroxylation is 2. The Bertz CT molecular complexity index is 1020. The summed E-state index contributed by atoms with van der Waals surface area (Å²) in [5.74, 6) is 1.34. The number of hydrogen-bond acceptors (Lipinski definition) is 6. The van der Waals surface area contributed by atoms with Crippen LogP contribution in [-0.2, 0) is 26.7 Å². The molecule has 4 rings (SSSR count). The first-order chi connectivity index (χ1) is 14.8. The SMILES string of the molecule is CCS(=O)(=O)N[C@@H]1C[C@H]2CN(C(=O)CCCc3ccccc3)C[C@@]2(c2nc(C)no2)C1. The molecule has 1 aromatic heterocycles. The highest BCUT2D eigenvalue weighted by Gasteiger charge is 2.58. The van der Waals surface area contributed by atoms with Crippen molar-refractivity contribution in [1.82, 2.24) is 19.8 Å². The number of nitrogens with one attached hydrogen (secondary N) is 1. The van der Waals surface area contributed by atoms with Gasteiger partial charge >= 0.3 is 0 Å². The number of sulfonamides is 1. The fourth-order valence-corrected chi connectivity index (χ4v) is 5.92. The first kappa shape index (κ1) is 22.0. The summed E-state index contributed by atoms with van der Waals surface area (Å²) in [4.78, 5) is 19.3. The van der Waals surface area contributed by atoms with E-state index in [4.69, 9.17) is 4.52 Å². The third-order valence-corrected chi connectivity index (χ3v) is 8.06. The zero-order valence-electron chi connectivity index (χ0n) is 18.1. The minimum atomic E-state index is -3.30. The fraction of sp³-hybridized carbons (Fsp3) is 0.591. The average molecular weight is 447 g/mol. The van der Waals surface area contributed by atoms with Crippen molar-refractivity contribution in [2.24, 2.45) is 5.92 Å². The standard InChI is InChI=1S/C22H30N4O4S/c1-3-31(28,29)25-19-12-18-14-26(15-22(18,13-19)21-23-16(2)24-30-21)20(27)11-7-10-17-8-5-4-6-9-17/h4-6,8-9,18-19,25H,3,7,10-15H2,1-2H3/t18-,19+,22-/m0/s1. The molecule has 1 aliphatic heterocycles. The van der Waals surface area contributed by atoms with Crippen LogP contribution in [0.1, 0.15) is 49.9 Å². The maximum Gasteiger partial charge on any atom is 0.235 e. The molecule has 0 bridgehead atoms. The first-order valence-corrected chi connectivity index (χ1v) is 12.6. The molecule has 1 amide bonds. The predicted octanol–water partition coefficient (Wildman–Crippen LogP) is 2.20. The van der Waals surface area contributed by atoms with E-state index in [2.05, 4.69) is 27.0 Å². The quantitative estimate of drug-likeness (QED) is 0.666. The van der Waals surface area contributed by atoms with Gasteiger partial charge in [0, 0.05) is 25.6 Å². The normalized spacial score (nSPS) is 25.7. The Labute approximate surface area is 183 Å². The van der Waals surface area contributed by atoms with Gasteiger partial charge in [-0.1, -0.05) is 35.5 Å². The molecule has 1 saturated heterocycles. The maximum atomic E-state index is 12.9. The summed E-state index contributed by atoms with van der Waals surface area (Å²) in [6, 6.07) is 9.99. The summed E-state index contributed by atoms with van der Waals surface area (Å²) >= 11 is 0. The molecule has 1 aliphatic carbocycles. The fourth-order valence-electron chi connectivity index (χ4n) is 5.07. The smallest absolute Gasteiger partial charge is 0.235 e. The number of aromatic nitrogens is 2. The van der Waals surface area contributed by atoms with Gasteiger partial charge in [-0.05, 0) is 51.0 Å². The lowest BCUT2D eigenvalue weighted by Gasteiger charge is -2.25. The molecule has 2 heterocycles. The molecule has 168 valence electrons. The highest BCUT2D eigenvalue weighted by Crippen LogP contribution is 2.50. The largest absolute Gasteiger partial charge is 0.341 e. The molecular formula is C22H30N4O4S. The lowest BCUT2D eigenvalue weighted by molar-refractivity contribution is -0.130. The number of fused-ring (bicyclic) bond motifs is 1. The Kier molecular flexibility index (Phi) is 6.16. The van der Waals surface area contributed by atoms with Crippen LogP contribution in [-0.4, -0.2) is 54.2 Å². The number of rotatable bonds is 8. The van der Waals surface area contributed by atoms with Crippen molar-refractivity contribution in [2.45, 2.75) is 57.4 Å². The lowest BCUT2D eigenvalue weighted by atomic mass is 9.80. The van der Waals surface area contributed by atoms with Crippen LogP contribution in [0.2, 0.25) is 0 Å². The van der Waals surface area contributed by atoms with Crippen LogP contribution < -0.4 is 4.72 Å². The van der Waals surface area contributed by atoms with E-state index in [1.807, 2.05) is 23.1 Å². The van der Waals surface area contributed by atoms with Crippen LogP contribution in [0.3, 0.4) is 0 Å². The van der Waals surface area contributed by atoms with E-state index in [1.54, 1.807) is 13.8 Å². The molecule has 8 nitrogen and oxygen atoms in total. The number of benzene rings is 1. The number of hydrogen-bond donors (Lipinski definition) is 1. The van der Waals surface area contributed by atoms with E-state index in [-0.39, 0.29) is 23.6 Å². The highest BCUT2D eigenvalue weighted by atomic mass is 32.2. The molecule has 1 saturated carbocycles. The summed E-state index contributed by atoms with van der Waals surface area (Å²) < 4.78 is 32.6. The van der Waals surface area contributed by atoms with Crippen molar-refractivity contribution in [3.05, 3.63) is 47.6 Å². The molecule has 2 aliphatic rings. The second kappa shape index (κ2) is 8.70. The molecule has 2 fully saturated rings. The van der Waals surface area contributed by atoms with E-state index in [1.165, 1.54) is 5.56 Å². The first-order valence-electron chi connectivity index (χ1n) is 10.9. The van der Waals surface area contributed by atoms with Gasteiger partial charge in [0.05, 0.1) is 11.2 Å². The number of nitrogens with zero attached hydrogens (tertiary/aromatic N) is 3. The van der Waals surface area contributed by atoms with Crippen LogP contribution >= 0.6 is 0 Å². The number of carbonyl (C=O) groups is 1. The highest BCUT2D eigenvalue weighted by molar-refractivity contribution is 7.89. The lowest BCUT2D eigenvalue weighted by Crippen LogP contribution is -2.39. The second-order valence-electron chi connectivity index (χ2n) is 8.77. The van der Waals surface area contributed by atoms with Gasteiger partial charge in [0.1, 0.15) is 0 Å². The van der Waals surface area contributed by atoms with Gasteiger partial charge in [0.2, 0.25) is 21.8 Å². The minimum Gasteiger partial charge on any atom is -0.341 e. The van der Waals surface area contributed by atoms with Crippen molar-refractivity contribution in [1.29, 1.82) is 0 Å². The number of likely N-dealkylation sites (tertiary alicyclic amines) is 1. The summed E-state index contributed by atoms with van der Waals surface area (Å²) in [7, 11) is -3.30. The van der Waals surface area contributed by atoms with E-state index < -0.39 is 15.4 Å². The van der Waals surface area contributed by atoms with Crippen LogP contribution in [0.5, 0.6) is 0 Å². The zero-order valence-corrected chi connectivity index (χ0v) is 18.9. The molecule has 2 aromatic rings. The molecule has 9 heteroatoms. The Hall–Kier alpha value is -2.26. The van der Waals surface area contributed by atoms with Crippen molar-refractivity contribution in [3.63, 3.8) is 0 Å². The minimum absolute atomic E-state index is 0.0485. The summed E-state index contributed by atoms with van der Waals surface area (Å²) in [5.41, 5.74) is 0.745. The van der Waals surface area contributed by atoms with E-state index in [0.29, 0.717) is 44.1 Å². The Morgan fingerprint density at radius 3 is 2.77 bits per heavy atom. The molecule has 0 radical (unpaired) electrons. The van der Waals surface area contributed by atoms with Crippen molar-refractivity contribution in [2.75, 3.05) is 18.8 Å². The third kappa shape index (κ3) is 4.67. The molecule has 31 heavy (non-hydrogen) atoms. The number of amides is 1. The predicted molar refractivity (Wildman–Crippen MR) is 116 cm³/mol. The van der Waals surface area contributed by atoms with Gasteiger partial charge in [0.15, 0.2) is 5.82 Å². The number of carbonyl (C=O) groups excluding carboxylic acids is 1. The molecule has 1 aromatic carbocycles. The van der Waals surface area contributed by atoms with Gasteiger partial charge in [-0.25, -0.2) is 13.1 Å². The van der Waals surface area contributed by atoms with Crippen molar-refractivity contribution >= 4 is 15.9 Å². The van der Waals surface area contributed by atoms with E-state index in [9.17, 15) is 13.2 Å². The van der Waals surface area contributed by atoms with Gasteiger partial charge < -0.3 is 9.42 Å². The Balaban J connectivity index is 1.44. The van der Waals surface area contributed by atoms with Crippen LogP contribution in [0.25, 0.3) is 0 Å². The Morgan fingerprint density at radius 1 is 1.32 bits per heavy atom. The van der Waals surface area contributed by atoms with Crippen LogP contribution in [0, 0.1) is 12.8 Å². The van der Waals surface area contributed by atoms with Crippen LogP contribution in [0.4, 0.5) is 0 Å². The van der Waals surface area contributed by atoms with Crippen molar-refractivity contribution in [3.8, 4) is 0 Å². The van der Waals surface area contributed by atoms with Gasteiger partial charge in [-0.15, -0.1) is 0 Å². The monoisotopic (exact) mass is 446 g/mol. The van der Waals surface area contributed by atoms with E-state index >= 15 is 0 Å². The topological polar surface area (TPSA) is 105 Å². The average Bonchev–Trinajstić information content (AvgIpc) is 3.41. The third-order valence-electron chi connectivity index (χ3n) is 6.61. The van der Waals surface area contributed by atoms with Gasteiger partial charge in [0.25, 0.3) is 0 Å². The molecule has 0 unspecified atom stereocenters. The Morgan fingerprint density at radius 2 is 2.10 bits per heavy atom. The van der Waals surface area contributed by atoms with Gasteiger partial charge in [-0.2, -0.15) is 4.98 Å². The van der Waals surface area contributed by atoms with Crippen LogP contribution in [0.15, 0.2) is 34.9 Å². The zero-order chi connectivity index (χ0) is 22.1. The molecule has 0 spiro atoms. The van der Waals surface area contributed by atoms with Crippen molar-refractivity contribution < 1.29 is 17.7 Å². The second-order valence-corrected chi connectivity index (χ2v) is 10.8. The summed E-state index contributed by atoms with van der Waals surface area (Å²) in [6.45, 7) is 4.49.